The third-order valence-electron chi connectivity index (χ3n) is 3.88. The monoisotopic (exact) mass is 329 g/mol. The van der Waals surface area contributed by atoms with Gasteiger partial charge < -0.3 is 0 Å². The molecule has 4 aromatic rings. The average Bonchev–Trinajstić information content (AvgIpc) is 3.08. The summed E-state index contributed by atoms with van der Waals surface area (Å²) >= 11 is 0. The molecule has 0 saturated heterocycles. The van der Waals surface area contributed by atoms with Crippen molar-refractivity contribution in [3.63, 3.8) is 0 Å². The zero-order chi connectivity index (χ0) is 17.2. The van der Waals surface area contributed by atoms with Crippen LogP contribution in [0.4, 0.5) is 0 Å². The molecule has 0 radical (unpaired) electrons. The smallest absolute Gasteiger partial charge is 0.266 e. The number of hydrogen-bond acceptors (Lipinski definition) is 4. The molecule has 0 spiro atoms. The standard InChI is InChI=1S/C19H15N5O/c1-14-7-9-15(10-8-14)11-21-23-13-20-18-17(19(23)25)12-22-24(18)16-5-3-2-4-6-16/h2-13H,1H3/b21-11-. The average molecular weight is 329 g/mol. The van der Waals surface area contributed by atoms with E-state index < -0.39 is 0 Å². The normalized spacial score (nSPS) is 11.4. The van der Waals surface area contributed by atoms with Gasteiger partial charge in [0.2, 0.25) is 0 Å². The molecule has 0 saturated carbocycles. The zero-order valence-electron chi connectivity index (χ0n) is 13.6. The fraction of sp³-hybridized carbons (Fsp3) is 0.0526. The fourth-order valence-corrected chi connectivity index (χ4v) is 2.52. The van der Waals surface area contributed by atoms with E-state index in [9.17, 15) is 4.79 Å². The van der Waals surface area contributed by atoms with Crippen LogP contribution in [0.25, 0.3) is 16.7 Å². The van der Waals surface area contributed by atoms with Gasteiger partial charge in [0.05, 0.1) is 18.1 Å². The van der Waals surface area contributed by atoms with Gasteiger partial charge in [-0.15, -0.1) is 0 Å². The quantitative estimate of drug-likeness (QED) is 0.543. The van der Waals surface area contributed by atoms with Crippen LogP contribution in [0.5, 0.6) is 0 Å². The van der Waals surface area contributed by atoms with Crippen LogP contribution < -0.4 is 5.56 Å². The Morgan fingerprint density at radius 1 is 1.04 bits per heavy atom. The zero-order valence-corrected chi connectivity index (χ0v) is 13.6. The minimum absolute atomic E-state index is 0.254. The largest absolute Gasteiger partial charge is 0.285 e. The lowest BCUT2D eigenvalue weighted by atomic mass is 10.2. The third-order valence-corrected chi connectivity index (χ3v) is 3.88. The lowest BCUT2D eigenvalue weighted by Crippen LogP contribution is -2.17. The molecule has 0 N–H and O–H groups in total. The van der Waals surface area contributed by atoms with E-state index in [1.807, 2.05) is 61.5 Å². The summed E-state index contributed by atoms with van der Waals surface area (Å²) in [5.74, 6) is 0. The molecular formula is C19H15N5O. The van der Waals surface area contributed by atoms with Crippen LogP contribution >= 0.6 is 0 Å². The predicted octanol–water partition coefficient (Wildman–Crippen LogP) is 2.77. The highest BCUT2D eigenvalue weighted by Gasteiger charge is 2.10. The van der Waals surface area contributed by atoms with Gasteiger partial charge >= 0.3 is 0 Å². The van der Waals surface area contributed by atoms with Crippen LogP contribution in [0.1, 0.15) is 11.1 Å². The first-order valence-corrected chi connectivity index (χ1v) is 7.84. The highest BCUT2D eigenvalue weighted by Crippen LogP contribution is 2.12. The van der Waals surface area contributed by atoms with Crippen LogP contribution in [-0.4, -0.2) is 25.7 Å². The molecule has 0 aliphatic rings. The molecule has 0 amide bonds. The summed E-state index contributed by atoms with van der Waals surface area (Å²) in [5.41, 5.74) is 3.20. The maximum atomic E-state index is 12.6. The Bertz CT molecular complexity index is 1110. The lowest BCUT2D eigenvalue weighted by Gasteiger charge is -2.02. The molecule has 0 atom stereocenters. The van der Waals surface area contributed by atoms with Gasteiger partial charge in [0.1, 0.15) is 11.7 Å². The molecule has 122 valence electrons. The first kappa shape index (κ1) is 15.0. The van der Waals surface area contributed by atoms with Crippen molar-refractivity contribution in [2.24, 2.45) is 5.10 Å². The van der Waals surface area contributed by atoms with Crippen molar-refractivity contribution in [1.82, 2.24) is 19.4 Å². The van der Waals surface area contributed by atoms with Crippen molar-refractivity contribution in [3.05, 3.63) is 88.6 Å². The molecule has 2 aromatic heterocycles. The first-order valence-electron chi connectivity index (χ1n) is 7.84. The summed E-state index contributed by atoms with van der Waals surface area (Å²) in [5, 5.41) is 8.93. The molecule has 0 aliphatic carbocycles. The van der Waals surface area contributed by atoms with E-state index >= 15 is 0 Å². The SMILES string of the molecule is Cc1ccc(/C=N\n2cnc3c(cnn3-c3ccccc3)c2=O)cc1. The van der Waals surface area contributed by atoms with E-state index in [1.54, 1.807) is 10.9 Å². The molecule has 6 heteroatoms. The van der Waals surface area contributed by atoms with Gasteiger partial charge in [-0.25, -0.2) is 9.67 Å². The number of rotatable bonds is 3. The number of aromatic nitrogens is 4. The predicted molar refractivity (Wildman–Crippen MR) is 97.3 cm³/mol. The molecule has 0 bridgehead atoms. The molecule has 25 heavy (non-hydrogen) atoms. The Balaban J connectivity index is 1.74. The summed E-state index contributed by atoms with van der Waals surface area (Å²) in [6, 6.07) is 17.5. The second-order valence-corrected chi connectivity index (χ2v) is 5.68. The first-order chi connectivity index (χ1) is 12.2. The molecule has 0 aliphatic heterocycles. The van der Waals surface area contributed by atoms with Gasteiger partial charge in [-0.2, -0.15) is 14.9 Å². The Kier molecular flexibility index (Phi) is 3.70. The number of benzene rings is 2. The Hall–Kier alpha value is -3.54. The van der Waals surface area contributed by atoms with E-state index in [4.69, 9.17) is 0 Å². The minimum atomic E-state index is -0.254. The second kappa shape index (κ2) is 6.16. The lowest BCUT2D eigenvalue weighted by molar-refractivity contribution is 0.809. The van der Waals surface area contributed by atoms with E-state index in [0.717, 1.165) is 11.3 Å². The summed E-state index contributed by atoms with van der Waals surface area (Å²) in [6.07, 6.45) is 4.57. The number of para-hydroxylation sites is 1. The summed E-state index contributed by atoms with van der Waals surface area (Å²) < 4.78 is 2.87. The summed E-state index contributed by atoms with van der Waals surface area (Å²) in [6.45, 7) is 2.02. The molecule has 0 unspecified atom stereocenters. The third kappa shape index (κ3) is 2.85. The van der Waals surface area contributed by atoms with E-state index in [0.29, 0.717) is 11.0 Å². The Morgan fingerprint density at radius 2 is 1.80 bits per heavy atom. The molecule has 0 fully saturated rings. The van der Waals surface area contributed by atoms with Crippen molar-refractivity contribution < 1.29 is 0 Å². The molecular weight excluding hydrogens is 314 g/mol. The van der Waals surface area contributed by atoms with Crippen molar-refractivity contribution in [1.29, 1.82) is 0 Å². The van der Waals surface area contributed by atoms with E-state index in [1.165, 1.54) is 22.8 Å². The second-order valence-electron chi connectivity index (χ2n) is 5.68. The summed E-state index contributed by atoms with van der Waals surface area (Å²) in [4.78, 5) is 17.0. The van der Waals surface area contributed by atoms with Crippen molar-refractivity contribution in [2.45, 2.75) is 6.92 Å². The number of fused-ring (bicyclic) bond motifs is 1. The van der Waals surface area contributed by atoms with E-state index in [2.05, 4.69) is 15.2 Å². The van der Waals surface area contributed by atoms with E-state index in [-0.39, 0.29) is 5.56 Å². The van der Waals surface area contributed by atoms with Crippen LogP contribution in [-0.2, 0) is 0 Å². The van der Waals surface area contributed by atoms with Crippen molar-refractivity contribution >= 4 is 17.2 Å². The topological polar surface area (TPSA) is 65.1 Å². The maximum Gasteiger partial charge on any atom is 0.285 e. The van der Waals surface area contributed by atoms with Gasteiger partial charge in [-0.05, 0) is 24.6 Å². The van der Waals surface area contributed by atoms with Gasteiger partial charge in [0.15, 0.2) is 5.65 Å². The maximum absolute atomic E-state index is 12.6. The number of nitrogens with zero attached hydrogens (tertiary/aromatic N) is 5. The number of aryl methyl sites for hydroxylation is 1. The van der Waals surface area contributed by atoms with Crippen LogP contribution in [0.2, 0.25) is 0 Å². The van der Waals surface area contributed by atoms with Gasteiger partial charge in [0, 0.05) is 0 Å². The van der Waals surface area contributed by atoms with Gasteiger partial charge in [-0.3, -0.25) is 4.79 Å². The molecule has 2 heterocycles. The highest BCUT2D eigenvalue weighted by molar-refractivity contribution is 5.80. The van der Waals surface area contributed by atoms with Crippen LogP contribution in [0.3, 0.4) is 0 Å². The van der Waals surface area contributed by atoms with Crippen molar-refractivity contribution in [3.8, 4) is 5.69 Å². The highest BCUT2D eigenvalue weighted by atomic mass is 16.1. The Morgan fingerprint density at radius 3 is 2.56 bits per heavy atom. The minimum Gasteiger partial charge on any atom is -0.266 e. The van der Waals surface area contributed by atoms with Crippen LogP contribution in [0, 0.1) is 6.92 Å². The molecule has 4 rings (SSSR count). The van der Waals surface area contributed by atoms with Crippen LogP contribution in [0.15, 0.2) is 77.0 Å². The molecule has 6 nitrogen and oxygen atoms in total. The molecule has 2 aromatic carbocycles. The fourth-order valence-electron chi connectivity index (χ4n) is 2.52. The van der Waals surface area contributed by atoms with Gasteiger partial charge in [0.25, 0.3) is 5.56 Å². The van der Waals surface area contributed by atoms with Gasteiger partial charge in [-0.1, -0.05) is 48.0 Å². The number of hydrogen-bond donors (Lipinski definition) is 0. The Labute approximate surface area is 143 Å². The summed E-state index contributed by atoms with van der Waals surface area (Å²) in [7, 11) is 0. The van der Waals surface area contributed by atoms with Crippen molar-refractivity contribution in [2.75, 3.05) is 0 Å².